The number of amides is 1. The van der Waals surface area contributed by atoms with Crippen LogP contribution in [0.2, 0.25) is 0 Å². The summed E-state index contributed by atoms with van der Waals surface area (Å²) >= 11 is 0. The molecule has 26 heavy (non-hydrogen) atoms. The summed E-state index contributed by atoms with van der Waals surface area (Å²) in [6.45, 7) is 4.34. The van der Waals surface area contributed by atoms with E-state index in [1.165, 1.54) is 0 Å². The van der Waals surface area contributed by atoms with Crippen LogP contribution < -0.4 is 0 Å². The third kappa shape index (κ3) is 3.15. The molecule has 1 heterocycles. The highest BCUT2D eigenvalue weighted by molar-refractivity contribution is 5.81. The first-order valence-electron chi connectivity index (χ1n) is 9.56. The Bertz CT molecular complexity index is 694. The van der Waals surface area contributed by atoms with Gasteiger partial charge in [0, 0.05) is 36.9 Å². The molecule has 1 aliphatic heterocycles. The molecule has 3 fully saturated rings. The number of carbonyl (C=O) groups excluding carboxylic acids is 1. The molecule has 0 radical (unpaired) electrons. The lowest BCUT2D eigenvalue weighted by Crippen LogP contribution is -2.61. The maximum absolute atomic E-state index is 13.4. The smallest absolute Gasteiger partial charge is 0.270 e. The Kier molecular flexibility index (Phi) is 3.96. The predicted octanol–water partition coefficient (Wildman–Crippen LogP) is 4.06. The van der Waals surface area contributed by atoms with Crippen LogP contribution in [0.1, 0.15) is 63.0 Å². The fourth-order valence-electron chi connectivity index (χ4n) is 5.18. The van der Waals surface area contributed by atoms with Gasteiger partial charge in [-0.25, -0.2) is 8.78 Å². The van der Waals surface area contributed by atoms with Gasteiger partial charge < -0.3 is 10.0 Å². The average molecular weight is 363 g/mol. The fourth-order valence-corrected chi connectivity index (χ4v) is 5.18. The van der Waals surface area contributed by atoms with Crippen molar-refractivity contribution in [1.82, 2.24) is 4.90 Å². The van der Waals surface area contributed by atoms with Crippen molar-refractivity contribution < 1.29 is 18.7 Å². The predicted molar refractivity (Wildman–Crippen MR) is 95.0 cm³/mol. The van der Waals surface area contributed by atoms with E-state index in [1.807, 2.05) is 17.0 Å². The van der Waals surface area contributed by atoms with Gasteiger partial charge in [0.1, 0.15) is 0 Å². The van der Waals surface area contributed by atoms with E-state index in [9.17, 15) is 18.7 Å². The zero-order valence-electron chi connectivity index (χ0n) is 15.5. The number of rotatable bonds is 3. The molecular weight excluding hydrogens is 336 g/mol. The number of likely N-dealkylation sites (tertiary alicyclic amines) is 1. The largest absolute Gasteiger partial charge is 0.390 e. The number of alkyl halides is 2. The summed E-state index contributed by atoms with van der Waals surface area (Å²) in [5.74, 6) is -2.21. The molecule has 142 valence electrons. The van der Waals surface area contributed by atoms with Crippen LogP contribution in [0.25, 0.3) is 0 Å². The lowest BCUT2D eigenvalue weighted by atomic mass is 9.69. The van der Waals surface area contributed by atoms with Gasteiger partial charge in [0.15, 0.2) is 0 Å². The molecule has 3 nitrogen and oxygen atoms in total. The zero-order valence-corrected chi connectivity index (χ0v) is 15.5. The number of hydrogen-bond acceptors (Lipinski definition) is 2. The monoisotopic (exact) mass is 363 g/mol. The summed E-state index contributed by atoms with van der Waals surface area (Å²) in [5.41, 5.74) is 0.739. The lowest BCUT2D eigenvalue weighted by molar-refractivity contribution is -0.161. The quantitative estimate of drug-likeness (QED) is 0.880. The minimum atomic E-state index is -2.80. The lowest BCUT2D eigenvalue weighted by Gasteiger charge is -2.52. The molecule has 5 heteroatoms. The van der Waals surface area contributed by atoms with Crippen LogP contribution in [-0.4, -0.2) is 34.6 Å². The van der Waals surface area contributed by atoms with Gasteiger partial charge in [-0.15, -0.1) is 0 Å². The highest BCUT2D eigenvalue weighted by Gasteiger charge is 2.53. The summed E-state index contributed by atoms with van der Waals surface area (Å²) in [6, 6.07) is 6.77. The Balaban J connectivity index is 1.33. The second kappa shape index (κ2) is 5.75. The SMILES string of the molecule is CC1(O)CC(C(=O)N2CC3(CCC(c4ccc(C(C)(F)F)cc4)C3)C2)C1. The minimum Gasteiger partial charge on any atom is -0.390 e. The molecule has 1 unspecified atom stereocenters. The standard InChI is InChI=1S/C21H27F2NO2/c1-19(26)9-16(10-19)18(25)24-12-21(13-24)8-7-15(11-21)14-3-5-17(6-4-14)20(2,22)23/h3-6,15-16,26H,7-13H2,1-2H3. The summed E-state index contributed by atoms with van der Waals surface area (Å²) in [4.78, 5) is 14.4. The molecular formula is C21H27F2NO2. The number of nitrogens with zero attached hydrogens (tertiary/aromatic N) is 1. The van der Waals surface area contributed by atoms with Crippen molar-refractivity contribution in [3.8, 4) is 0 Å². The summed E-state index contributed by atoms with van der Waals surface area (Å²) in [6.07, 6.45) is 4.33. The average Bonchev–Trinajstić information content (AvgIpc) is 2.95. The maximum atomic E-state index is 13.4. The maximum Gasteiger partial charge on any atom is 0.270 e. The molecule has 1 spiro atoms. The highest BCUT2D eigenvalue weighted by atomic mass is 19.3. The highest BCUT2D eigenvalue weighted by Crippen LogP contribution is 2.53. The third-order valence-corrected chi connectivity index (χ3v) is 6.68. The summed E-state index contributed by atoms with van der Waals surface area (Å²) < 4.78 is 26.7. The van der Waals surface area contributed by atoms with Gasteiger partial charge in [-0.2, -0.15) is 0 Å². The normalized spacial score (nSPS) is 33.0. The van der Waals surface area contributed by atoms with Crippen molar-refractivity contribution in [2.75, 3.05) is 13.1 Å². The van der Waals surface area contributed by atoms with E-state index in [4.69, 9.17) is 0 Å². The van der Waals surface area contributed by atoms with Crippen molar-refractivity contribution in [2.45, 2.75) is 63.4 Å². The fraction of sp³-hybridized carbons (Fsp3) is 0.667. The molecule has 4 rings (SSSR count). The topological polar surface area (TPSA) is 40.5 Å². The van der Waals surface area contributed by atoms with Gasteiger partial charge >= 0.3 is 0 Å². The molecule has 1 N–H and O–H groups in total. The van der Waals surface area contributed by atoms with Gasteiger partial charge in [0.05, 0.1) is 5.60 Å². The molecule has 3 aliphatic rings. The molecule has 0 aromatic heterocycles. The number of benzene rings is 1. The van der Waals surface area contributed by atoms with E-state index in [0.29, 0.717) is 18.8 Å². The van der Waals surface area contributed by atoms with Crippen LogP contribution >= 0.6 is 0 Å². The first kappa shape index (κ1) is 17.9. The van der Waals surface area contributed by atoms with E-state index in [0.717, 1.165) is 44.8 Å². The third-order valence-electron chi connectivity index (χ3n) is 6.68. The second-order valence-electron chi connectivity index (χ2n) is 9.25. The van der Waals surface area contributed by atoms with Crippen LogP contribution in [0.4, 0.5) is 8.78 Å². The van der Waals surface area contributed by atoms with Gasteiger partial charge in [-0.05, 0) is 50.5 Å². The van der Waals surface area contributed by atoms with Gasteiger partial charge in [-0.3, -0.25) is 4.79 Å². The number of carbonyl (C=O) groups is 1. The van der Waals surface area contributed by atoms with Crippen molar-refractivity contribution in [3.63, 3.8) is 0 Å². The van der Waals surface area contributed by atoms with E-state index in [-0.39, 0.29) is 22.8 Å². The minimum absolute atomic E-state index is 0.0113. The second-order valence-corrected chi connectivity index (χ2v) is 9.25. The number of hydrogen-bond donors (Lipinski definition) is 1. The first-order chi connectivity index (χ1) is 12.1. The van der Waals surface area contributed by atoms with Crippen LogP contribution in [-0.2, 0) is 10.7 Å². The first-order valence-corrected chi connectivity index (χ1v) is 9.56. The molecule has 2 aliphatic carbocycles. The Morgan fingerprint density at radius 3 is 2.35 bits per heavy atom. The molecule has 2 saturated carbocycles. The van der Waals surface area contributed by atoms with Gasteiger partial charge in [0.2, 0.25) is 5.91 Å². The summed E-state index contributed by atoms with van der Waals surface area (Å²) in [5, 5.41) is 9.82. The van der Waals surface area contributed by atoms with Crippen molar-refractivity contribution in [2.24, 2.45) is 11.3 Å². The van der Waals surface area contributed by atoms with E-state index >= 15 is 0 Å². The molecule has 1 amide bonds. The van der Waals surface area contributed by atoms with Gasteiger partial charge in [0.25, 0.3) is 5.92 Å². The van der Waals surface area contributed by atoms with Crippen LogP contribution in [0.5, 0.6) is 0 Å². The van der Waals surface area contributed by atoms with E-state index < -0.39 is 11.5 Å². The summed E-state index contributed by atoms with van der Waals surface area (Å²) in [7, 11) is 0. The number of aliphatic hydroxyl groups is 1. The van der Waals surface area contributed by atoms with Crippen molar-refractivity contribution >= 4 is 5.91 Å². The van der Waals surface area contributed by atoms with Crippen molar-refractivity contribution in [1.29, 1.82) is 0 Å². The van der Waals surface area contributed by atoms with Crippen molar-refractivity contribution in [3.05, 3.63) is 35.4 Å². The molecule has 1 aromatic carbocycles. The van der Waals surface area contributed by atoms with E-state index in [1.54, 1.807) is 19.1 Å². The molecule has 1 saturated heterocycles. The Morgan fingerprint density at radius 2 is 1.81 bits per heavy atom. The van der Waals surface area contributed by atoms with Crippen LogP contribution in [0, 0.1) is 11.3 Å². The van der Waals surface area contributed by atoms with Crippen LogP contribution in [0.3, 0.4) is 0 Å². The number of halogens is 2. The Hall–Kier alpha value is -1.49. The molecule has 1 aromatic rings. The van der Waals surface area contributed by atoms with Crippen LogP contribution in [0.15, 0.2) is 24.3 Å². The molecule has 1 atom stereocenters. The van der Waals surface area contributed by atoms with Gasteiger partial charge in [-0.1, -0.05) is 24.3 Å². The van der Waals surface area contributed by atoms with E-state index in [2.05, 4.69) is 0 Å². The molecule has 0 bridgehead atoms. The Labute approximate surface area is 153 Å². The Morgan fingerprint density at radius 1 is 1.19 bits per heavy atom. The zero-order chi connectivity index (χ0) is 18.7.